The van der Waals surface area contributed by atoms with Gasteiger partial charge < -0.3 is 42.7 Å². The number of hydrogen-bond acceptors (Lipinski definition) is 10. The Morgan fingerprint density at radius 2 is 1.14 bits per heavy atom. The molecule has 10 nitrogen and oxygen atoms in total. The van der Waals surface area contributed by atoms with Crippen LogP contribution in [0.4, 0.5) is 4.79 Å². The summed E-state index contributed by atoms with van der Waals surface area (Å²) in [4.78, 5) is 12.2. The lowest BCUT2D eigenvalue weighted by atomic mass is 9.99. The van der Waals surface area contributed by atoms with Crippen LogP contribution in [-0.2, 0) is 32.5 Å². The van der Waals surface area contributed by atoms with Gasteiger partial charge in [-0.1, -0.05) is 83.1 Å². The fourth-order valence-electron chi connectivity index (χ4n) is 8.17. The first-order valence-electron chi connectivity index (χ1n) is 16.1. The maximum atomic E-state index is 12.2. The lowest BCUT2D eigenvalue weighted by Gasteiger charge is -2.45. The van der Waals surface area contributed by atoms with Crippen LogP contribution in [0.3, 0.4) is 0 Å². The van der Waals surface area contributed by atoms with E-state index in [0.29, 0.717) is 33.2 Å². The first kappa shape index (κ1) is 36.5. The van der Waals surface area contributed by atoms with Crippen LogP contribution in [0.2, 0.25) is 33.2 Å². The summed E-state index contributed by atoms with van der Waals surface area (Å²) in [6, 6.07) is 0. The number of rotatable bonds is 14. The molecule has 2 saturated heterocycles. The number of ether oxygens (including phenoxy) is 5. The summed E-state index contributed by atoms with van der Waals surface area (Å²) in [5.74, 6) is 0. The summed E-state index contributed by atoms with van der Waals surface area (Å²) >= 11 is 0. The third kappa shape index (κ3) is 7.21. The molecule has 0 aromatic rings. The molecule has 3 aliphatic heterocycles. The van der Waals surface area contributed by atoms with Gasteiger partial charge in [0.25, 0.3) is 0 Å². The highest BCUT2D eigenvalue weighted by atomic mass is 28.4. The molecule has 0 saturated carbocycles. The minimum Gasteiger partial charge on any atom is -0.493 e. The summed E-state index contributed by atoms with van der Waals surface area (Å²) in [6.45, 7) is 26.8. The third-order valence-corrected chi connectivity index (χ3v) is 22.2. The highest BCUT2D eigenvalue weighted by molar-refractivity contribution is 6.78. The van der Waals surface area contributed by atoms with Crippen molar-refractivity contribution < 1.29 is 47.5 Å². The SMILES string of the molecule is CC(C)[Si](OCC1OC=C[C@@H](O[C@@H]2OC(CO[Si](C(C)C)(C(C)C)C(C)C)[C@@H]3OC(=O)O[C@@H]3C2O)[C@H]1O)(C(C)C)C(C)C. The summed E-state index contributed by atoms with van der Waals surface area (Å²) in [7, 11) is -4.46. The van der Waals surface area contributed by atoms with Gasteiger partial charge in [-0.15, -0.1) is 0 Å². The van der Waals surface area contributed by atoms with E-state index in [1.165, 1.54) is 6.26 Å². The third-order valence-electron chi connectivity index (χ3n) is 10.0. The van der Waals surface area contributed by atoms with Crippen molar-refractivity contribution >= 4 is 22.8 Å². The van der Waals surface area contributed by atoms with Crippen molar-refractivity contribution in [2.24, 2.45) is 0 Å². The average Bonchev–Trinajstić information content (AvgIpc) is 3.29. The number of hydrogen-bond donors (Lipinski definition) is 2. The molecule has 3 heterocycles. The highest BCUT2D eigenvalue weighted by Gasteiger charge is 2.56. The van der Waals surface area contributed by atoms with Gasteiger partial charge in [0, 0.05) is 0 Å². The summed E-state index contributed by atoms with van der Waals surface area (Å²) in [5, 5.41) is 22.5. The summed E-state index contributed by atoms with van der Waals surface area (Å²) < 4.78 is 42.5. The van der Waals surface area contributed by atoms with Crippen LogP contribution in [0.5, 0.6) is 0 Å². The van der Waals surface area contributed by atoms with Crippen molar-refractivity contribution in [2.75, 3.05) is 13.2 Å². The maximum absolute atomic E-state index is 12.2. The molecule has 250 valence electrons. The molecule has 2 fully saturated rings. The van der Waals surface area contributed by atoms with Crippen LogP contribution in [0.15, 0.2) is 12.3 Å². The lowest BCUT2D eigenvalue weighted by molar-refractivity contribution is -0.299. The Labute approximate surface area is 261 Å². The average molecular weight is 647 g/mol. The van der Waals surface area contributed by atoms with Gasteiger partial charge in [-0.05, 0) is 39.3 Å². The van der Waals surface area contributed by atoms with E-state index in [4.69, 9.17) is 32.5 Å². The predicted molar refractivity (Wildman–Crippen MR) is 169 cm³/mol. The van der Waals surface area contributed by atoms with E-state index in [9.17, 15) is 15.0 Å². The predicted octanol–water partition coefficient (Wildman–Crippen LogP) is 6.02. The standard InChI is InChI=1S/C31H58O10Si2/c1-17(2)42(18(3)4,19(5)6)36-15-24-26(32)23(13-14-35-24)38-30-27(33)29-28(40-31(34)41-29)25(39-30)16-37-43(20(7)8,21(9)10)22(11)12/h13-14,17-30,32-33H,15-16H2,1-12H3/t23-,24?,25?,26-,27?,28+,29-,30-/m1/s1. The first-order chi connectivity index (χ1) is 20.0. The van der Waals surface area contributed by atoms with Crippen molar-refractivity contribution in [1.82, 2.24) is 0 Å². The van der Waals surface area contributed by atoms with E-state index in [2.05, 4.69) is 83.1 Å². The van der Waals surface area contributed by atoms with E-state index in [1.54, 1.807) is 6.08 Å². The molecule has 0 amide bonds. The number of carbonyl (C=O) groups is 1. The number of aliphatic hydroxyl groups is 2. The molecule has 0 spiro atoms. The normalized spacial score (nSPS) is 31.8. The van der Waals surface area contributed by atoms with Crippen LogP contribution in [0.25, 0.3) is 0 Å². The zero-order chi connectivity index (χ0) is 32.4. The maximum Gasteiger partial charge on any atom is 0.509 e. The van der Waals surface area contributed by atoms with Crippen LogP contribution < -0.4 is 0 Å². The molecule has 0 radical (unpaired) electrons. The Bertz CT molecular complexity index is 896. The Balaban J connectivity index is 1.76. The van der Waals surface area contributed by atoms with Gasteiger partial charge in [-0.3, -0.25) is 0 Å². The number of fused-ring (bicyclic) bond motifs is 1. The molecule has 3 aliphatic rings. The minimum absolute atomic E-state index is 0.167. The second kappa shape index (κ2) is 14.6. The molecule has 0 aliphatic carbocycles. The van der Waals surface area contributed by atoms with Gasteiger partial charge in [0.2, 0.25) is 8.32 Å². The first-order valence-corrected chi connectivity index (χ1v) is 20.4. The Morgan fingerprint density at radius 3 is 1.60 bits per heavy atom. The van der Waals surface area contributed by atoms with Gasteiger partial charge in [0.05, 0.1) is 19.5 Å². The minimum atomic E-state index is -2.27. The summed E-state index contributed by atoms with van der Waals surface area (Å²) in [5.41, 5.74) is 2.18. The highest BCUT2D eigenvalue weighted by Crippen LogP contribution is 2.44. The summed E-state index contributed by atoms with van der Waals surface area (Å²) in [6.07, 6.45) is -5.40. The molecule has 2 N–H and O–H groups in total. The van der Waals surface area contributed by atoms with Gasteiger partial charge in [0.1, 0.15) is 30.5 Å². The number of aliphatic hydroxyl groups excluding tert-OH is 2. The molecule has 43 heavy (non-hydrogen) atoms. The van der Waals surface area contributed by atoms with E-state index in [0.717, 1.165) is 0 Å². The van der Waals surface area contributed by atoms with Gasteiger partial charge in [0.15, 0.2) is 26.8 Å². The Kier molecular flexibility index (Phi) is 12.4. The zero-order valence-corrected chi connectivity index (χ0v) is 30.3. The van der Waals surface area contributed by atoms with Crippen LogP contribution in [0, 0.1) is 0 Å². The largest absolute Gasteiger partial charge is 0.509 e. The fraction of sp³-hybridized carbons (Fsp3) is 0.903. The monoisotopic (exact) mass is 646 g/mol. The van der Waals surface area contributed by atoms with E-state index in [-0.39, 0.29) is 13.2 Å². The van der Waals surface area contributed by atoms with E-state index >= 15 is 0 Å². The second-order valence-electron chi connectivity index (χ2n) is 14.3. The fourth-order valence-corrected chi connectivity index (χ4v) is 19.1. The van der Waals surface area contributed by atoms with Gasteiger partial charge in [-0.2, -0.15) is 0 Å². The molecule has 0 aromatic carbocycles. The van der Waals surface area contributed by atoms with Crippen molar-refractivity contribution in [2.45, 2.75) is 165 Å². The van der Waals surface area contributed by atoms with Gasteiger partial charge in [-0.25, -0.2) is 4.79 Å². The molecule has 12 heteroatoms. The Hall–Kier alpha value is -0.996. The molecule has 3 unspecified atom stereocenters. The van der Waals surface area contributed by atoms with Crippen molar-refractivity contribution in [3.8, 4) is 0 Å². The lowest BCUT2D eigenvalue weighted by Crippen LogP contribution is -2.61. The molecule has 0 bridgehead atoms. The number of carbonyl (C=O) groups excluding carboxylic acids is 1. The second-order valence-corrected chi connectivity index (χ2v) is 25.2. The van der Waals surface area contributed by atoms with Gasteiger partial charge >= 0.3 is 6.16 Å². The molecule has 3 rings (SSSR count). The van der Waals surface area contributed by atoms with Crippen LogP contribution in [0.1, 0.15) is 83.1 Å². The van der Waals surface area contributed by atoms with Crippen molar-refractivity contribution in [1.29, 1.82) is 0 Å². The Morgan fingerprint density at radius 1 is 0.698 bits per heavy atom. The van der Waals surface area contributed by atoms with Crippen LogP contribution in [-0.4, -0.2) is 95.2 Å². The van der Waals surface area contributed by atoms with E-state index in [1.807, 2.05) is 0 Å². The van der Waals surface area contributed by atoms with Crippen molar-refractivity contribution in [3.05, 3.63) is 12.3 Å². The molecule has 8 atom stereocenters. The topological polar surface area (TPSA) is 122 Å². The molecule has 0 aromatic heterocycles. The molecular formula is C31H58O10Si2. The molecular weight excluding hydrogens is 589 g/mol. The van der Waals surface area contributed by atoms with E-state index < -0.39 is 71.8 Å². The van der Waals surface area contributed by atoms with Crippen LogP contribution >= 0.6 is 0 Å². The smallest absolute Gasteiger partial charge is 0.493 e. The van der Waals surface area contributed by atoms with Crippen molar-refractivity contribution in [3.63, 3.8) is 0 Å². The zero-order valence-electron chi connectivity index (χ0n) is 28.3. The quantitative estimate of drug-likeness (QED) is 0.171.